The van der Waals surface area contributed by atoms with Crippen molar-refractivity contribution in [2.24, 2.45) is 0 Å². The summed E-state index contributed by atoms with van der Waals surface area (Å²) in [6, 6.07) is 13.4. The molecule has 2 fully saturated rings. The van der Waals surface area contributed by atoms with E-state index in [2.05, 4.69) is 22.1 Å². The zero-order valence-corrected chi connectivity index (χ0v) is 28.9. The smallest absolute Gasteiger partial charge is 0.337 e. The Hall–Kier alpha value is -4.01. The molecule has 2 atom stereocenters. The van der Waals surface area contributed by atoms with Crippen LogP contribution in [0.2, 0.25) is 0 Å². The molecule has 2 aliphatic heterocycles. The summed E-state index contributed by atoms with van der Waals surface area (Å²) in [4.78, 5) is 23.2. The molecule has 3 aromatic carbocycles. The number of carbonyl (C=O) groups is 1. The Balaban J connectivity index is 1.54. The molecule has 6 rings (SSSR count). The first-order chi connectivity index (χ1) is 24.0. The lowest BCUT2D eigenvalue weighted by molar-refractivity contribution is -0.155. The highest BCUT2D eigenvalue weighted by atomic mass is 32.2. The molecule has 3 heterocycles. The van der Waals surface area contributed by atoms with Gasteiger partial charge in [0.05, 0.1) is 27.2 Å². The third-order valence-corrected chi connectivity index (χ3v) is 11.0. The van der Waals surface area contributed by atoms with E-state index < -0.39 is 39.7 Å². The quantitative estimate of drug-likeness (QED) is 0.186. The molecule has 0 spiro atoms. The molecule has 0 unspecified atom stereocenters. The van der Waals surface area contributed by atoms with E-state index in [4.69, 9.17) is 0 Å². The lowest BCUT2D eigenvalue weighted by Gasteiger charge is -2.39. The van der Waals surface area contributed by atoms with Crippen LogP contribution < -0.4 is 5.32 Å². The summed E-state index contributed by atoms with van der Waals surface area (Å²) in [5.74, 6) is -1.16. The molecule has 272 valence electrons. The summed E-state index contributed by atoms with van der Waals surface area (Å²) in [7, 11) is -4.02. The van der Waals surface area contributed by atoms with Gasteiger partial charge >= 0.3 is 12.4 Å². The third-order valence-electron chi connectivity index (χ3n) is 9.92. The van der Waals surface area contributed by atoms with Crippen LogP contribution in [-0.2, 0) is 22.6 Å². The number of nitrogens with one attached hydrogen (secondary N) is 1. The molecule has 1 N–H and O–H groups in total. The molecule has 4 aromatic rings. The third kappa shape index (κ3) is 7.92. The molecule has 0 saturated carbocycles. The molecule has 14 heteroatoms. The average Bonchev–Trinajstić information content (AvgIpc) is 3.51. The Bertz CT molecular complexity index is 2010. The topological polar surface area (TPSA) is 82.6 Å². The predicted octanol–water partition coefficient (Wildman–Crippen LogP) is 7.81. The van der Waals surface area contributed by atoms with Crippen molar-refractivity contribution < 1.29 is 39.6 Å². The maximum Gasteiger partial charge on any atom is 0.416 e. The highest BCUT2D eigenvalue weighted by Crippen LogP contribution is 2.39. The Morgan fingerprint density at radius 2 is 1.61 bits per heavy atom. The number of carbonyl (C=O) groups excluding carboxylic acids is 1. The van der Waals surface area contributed by atoms with E-state index in [0.717, 1.165) is 50.6 Å². The molecule has 2 saturated heterocycles. The first-order valence-corrected chi connectivity index (χ1v) is 18.7. The number of nitrogens with zero attached hydrogens (tertiary/aromatic N) is 3. The van der Waals surface area contributed by atoms with Gasteiger partial charge in [-0.05, 0) is 76.0 Å². The number of aromatic nitrogens is 1. The number of alkyl halides is 6. The molecule has 7 nitrogen and oxygen atoms in total. The van der Waals surface area contributed by atoms with Crippen molar-refractivity contribution in [1.82, 2.24) is 20.1 Å². The zero-order chi connectivity index (χ0) is 36.7. The number of hydrogen-bond donors (Lipinski definition) is 1. The van der Waals surface area contributed by atoms with Crippen LogP contribution in [0.15, 0.2) is 77.7 Å². The molecule has 0 aliphatic carbocycles. The Kier molecular flexibility index (Phi) is 10.2. The monoisotopic (exact) mass is 732 g/mol. The molecule has 1 aromatic heterocycles. The van der Waals surface area contributed by atoms with E-state index in [-0.39, 0.29) is 50.3 Å². The molecular formula is C37H38F6N4O3S. The molecule has 0 radical (unpaired) electrons. The fourth-order valence-electron chi connectivity index (χ4n) is 7.43. The number of halogens is 6. The first-order valence-electron chi connectivity index (χ1n) is 16.8. The van der Waals surface area contributed by atoms with E-state index >= 15 is 0 Å². The van der Waals surface area contributed by atoms with E-state index in [1.165, 1.54) is 60.7 Å². The fourth-order valence-corrected chi connectivity index (χ4v) is 8.26. The molecule has 2 aliphatic rings. The van der Waals surface area contributed by atoms with E-state index in [0.29, 0.717) is 25.2 Å². The normalized spacial score (nSPS) is 19.0. The van der Waals surface area contributed by atoms with Crippen LogP contribution in [0, 0.1) is 0 Å². The molecule has 1 amide bonds. The van der Waals surface area contributed by atoms with Crippen molar-refractivity contribution in [3.8, 4) is 11.3 Å². The maximum atomic E-state index is 14.6. The van der Waals surface area contributed by atoms with Crippen LogP contribution >= 0.6 is 0 Å². The summed E-state index contributed by atoms with van der Waals surface area (Å²) < 4.78 is 112. The van der Waals surface area contributed by atoms with Crippen LogP contribution in [0.1, 0.15) is 65.7 Å². The van der Waals surface area contributed by atoms with Crippen molar-refractivity contribution in [3.05, 3.63) is 95.1 Å². The second-order valence-electron chi connectivity index (χ2n) is 13.4. The van der Waals surface area contributed by atoms with Crippen LogP contribution in [0.5, 0.6) is 0 Å². The van der Waals surface area contributed by atoms with Gasteiger partial charge in [-0.1, -0.05) is 54.6 Å². The Morgan fingerprint density at radius 1 is 0.922 bits per heavy atom. The van der Waals surface area contributed by atoms with Gasteiger partial charge in [0, 0.05) is 41.4 Å². The van der Waals surface area contributed by atoms with Gasteiger partial charge in [0.2, 0.25) is 0 Å². The maximum absolute atomic E-state index is 14.6. The summed E-state index contributed by atoms with van der Waals surface area (Å²) in [5, 5.41) is 2.10. The van der Waals surface area contributed by atoms with Crippen molar-refractivity contribution in [3.63, 3.8) is 0 Å². The van der Waals surface area contributed by atoms with Crippen molar-refractivity contribution in [2.45, 2.75) is 74.5 Å². The largest absolute Gasteiger partial charge is 0.416 e. The number of benzene rings is 3. The fraction of sp³-hybridized carbons (Fsp3) is 0.405. The highest BCUT2D eigenvalue weighted by molar-refractivity contribution is 7.91. The Labute approximate surface area is 292 Å². The predicted molar refractivity (Wildman–Crippen MR) is 182 cm³/mol. The van der Waals surface area contributed by atoms with Gasteiger partial charge in [0.15, 0.2) is 15.9 Å². The van der Waals surface area contributed by atoms with Crippen molar-refractivity contribution >= 4 is 26.6 Å². The second kappa shape index (κ2) is 14.2. The lowest BCUT2D eigenvalue weighted by atomic mass is 9.93. The van der Waals surface area contributed by atoms with Crippen LogP contribution in [0.3, 0.4) is 0 Å². The minimum atomic E-state index is -4.92. The number of sulfone groups is 1. The minimum Gasteiger partial charge on any atom is -0.337 e. The van der Waals surface area contributed by atoms with Gasteiger partial charge in [-0.2, -0.15) is 26.3 Å². The van der Waals surface area contributed by atoms with E-state index in [1.54, 1.807) is 0 Å². The molecular weight excluding hydrogens is 694 g/mol. The van der Waals surface area contributed by atoms with E-state index in [9.17, 15) is 39.6 Å². The van der Waals surface area contributed by atoms with Crippen LogP contribution in [0.25, 0.3) is 22.2 Å². The second-order valence-corrected chi connectivity index (χ2v) is 15.4. The first kappa shape index (κ1) is 36.8. The number of para-hydroxylation sites is 1. The van der Waals surface area contributed by atoms with E-state index in [1.807, 2.05) is 4.90 Å². The minimum absolute atomic E-state index is 0.0231. The highest BCUT2D eigenvalue weighted by Gasteiger charge is 2.43. The SMILES string of the molecule is C[C@@H]1CCCN1C1CCN(Cc2c(-c3cccc(C(F)(F)F)c3)nc3c(S(C)(=O)=O)cccc3c2C(=O)N[C@H](c2ccccc2)C(F)(F)F)CC1. The zero-order valence-electron chi connectivity index (χ0n) is 28.1. The number of pyridine rings is 1. The summed E-state index contributed by atoms with van der Waals surface area (Å²) in [6.45, 7) is 4.29. The van der Waals surface area contributed by atoms with Gasteiger partial charge in [0.1, 0.15) is 0 Å². The number of fused-ring (bicyclic) bond motifs is 1. The number of hydrogen-bond acceptors (Lipinski definition) is 6. The van der Waals surface area contributed by atoms with Gasteiger partial charge in [-0.3, -0.25) is 14.6 Å². The van der Waals surface area contributed by atoms with Gasteiger partial charge in [-0.25, -0.2) is 13.4 Å². The van der Waals surface area contributed by atoms with Crippen molar-refractivity contribution in [2.75, 3.05) is 25.9 Å². The van der Waals surface area contributed by atoms with Crippen LogP contribution in [0.4, 0.5) is 26.3 Å². The molecule has 0 bridgehead atoms. The standard InChI is InChI=1S/C37H38F6N4O3S/c1-23-9-8-18-47(23)27-16-19-46(20-17-27)22-29-31(35(48)45-34(37(41,42)43)24-10-4-3-5-11-24)28-14-7-15-30(51(2,49)50)33(28)44-32(29)25-12-6-13-26(21-25)36(38,39)40/h3-7,10-15,21,23,27,34H,8-9,16-20,22H2,1-2H3,(H,45,48)/t23-,34-/m1/s1. The average molecular weight is 733 g/mol. The van der Waals surface area contributed by atoms with Gasteiger partial charge in [-0.15, -0.1) is 0 Å². The lowest BCUT2D eigenvalue weighted by Crippen LogP contribution is -2.46. The van der Waals surface area contributed by atoms with Gasteiger partial charge in [0.25, 0.3) is 5.91 Å². The summed E-state index contributed by atoms with van der Waals surface area (Å²) in [5.41, 5.74) is -1.82. The number of amides is 1. The molecule has 51 heavy (non-hydrogen) atoms. The summed E-state index contributed by atoms with van der Waals surface area (Å²) in [6.07, 6.45) is -4.95. The number of rotatable bonds is 8. The number of piperidine rings is 1. The Morgan fingerprint density at radius 3 is 2.22 bits per heavy atom. The number of likely N-dealkylation sites (tertiary alicyclic amines) is 2. The van der Waals surface area contributed by atoms with Crippen LogP contribution in [-0.4, -0.2) is 73.3 Å². The summed E-state index contributed by atoms with van der Waals surface area (Å²) >= 11 is 0. The van der Waals surface area contributed by atoms with Crippen molar-refractivity contribution in [1.29, 1.82) is 0 Å². The van der Waals surface area contributed by atoms with Gasteiger partial charge < -0.3 is 5.32 Å².